The Labute approximate surface area is 112 Å². The highest BCUT2D eigenvalue weighted by Crippen LogP contribution is 2.12. The third-order valence-electron chi connectivity index (χ3n) is 2.81. The van der Waals surface area contributed by atoms with Crippen molar-refractivity contribution in [1.82, 2.24) is 5.32 Å². The fourth-order valence-corrected chi connectivity index (χ4v) is 1.70. The van der Waals surface area contributed by atoms with Crippen molar-refractivity contribution in [3.63, 3.8) is 0 Å². The number of carbonyl (C=O) groups excluding carboxylic acids is 2. The molecule has 0 aliphatic rings. The van der Waals surface area contributed by atoms with Crippen molar-refractivity contribution >= 4 is 11.9 Å². The SMILES string of the molecule is CCC(C(=O)NCc1cccc(OC)c1)C(=O)OC. The van der Waals surface area contributed by atoms with Crippen LogP contribution in [0.15, 0.2) is 24.3 Å². The molecule has 0 fully saturated rings. The van der Waals surface area contributed by atoms with E-state index < -0.39 is 11.9 Å². The van der Waals surface area contributed by atoms with Gasteiger partial charge >= 0.3 is 5.97 Å². The monoisotopic (exact) mass is 265 g/mol. The fourth-order valence-electron chi connectivity index (χ4n) is 1.70. The summed E-state index contributed by atoms with van der Waals surface area (Å²) in [7, 11) is 2.86. The number of carbonyl (C=O) groups is 2. The molecular weight excluding hydrogens is 246 g/mol. The van der Waals surface area contributed by atoms with Crippen LogP contribution >= 0.6 is 0 Å². The highest BCUT2D eigenvalue weighted by Gasteiger charge is 2.25. The van der Waals surface area contributed by atoms with Gasteiger partial charge in [-0.1, -0.05) is 19.1 Å². The average molecular weight is 265 g/mol. The minimum absolute atomic E-state index is 0.322. The van der Waals surface area contributed by atoms with Crippen LogP contribution in [0.4, 0.5) is 0 Å². The van der Waals surface area contributed by atoms with Gasteiger partial charge in [-0.15, -0.1) is 0 Å². The van der Waals surface area contributed by atoms with Crippen LogP contribution in [0.1, 0.15) is 18.9 Å². The van der Waals surface area contributed by atoms with E-state index in [0.717, 1.165) is 11.3 Å². The predicted octanol–water partition coefficient (Wildman–Crippen LogP) is 1.51. The van der Waals surface area contributed by atoms with Crippen LogP contribution in [0, 0.1) is 5.92 Å². The Morgan fingerprint density at radius 2 is 2.05 bits per heavy atom. The van der Waals surface area contributed by atoms with Crippen molar-refractivity contribution in [3.8, 4) is 5.75 Å². The molecular formula is C14H19NO4. The van der Waals surface area contributed by atoms with E-state index in [2.05, 4.69) is 10.1 Å². The summed E-state index contributed by atoms with van der Waals surface area (Å²) in [5.41, 5.74) is 0.910. The summed E-state index contributed by atoms with van der Waals surface area (Å²) in [6.45, 7) is 2.12. The highest BCUT2D eigenvalue weighted by atomic mass is 16.5. The Bertz CT molecular complexity index is 445. The molecule has 0 aliphatic carbocycles. The van der Waals surface area contributed by atoms with E-state index in [1.165, 1.54) is 7.11 Å². The Kier molecular flexibility index (Phi) is 5.85. The normalized spacial score (nSPS) is 11.5. The number of rotatable bonds is 6. The maximum absolute atomic E-state index is 11.9. The van der Waals surface area contributed by atoms with E-state index in [9.17, 15) is 9.59 Å². The smallest absolute Gasteiger partial charge is 0.318 e. The fraction of sp³-hybridized carbons (Fsp3) is 0.429. The van der Waals surface area contributed by atoms with Crippen LogP contribution in [0.3, 0.4) is 0 Å². The lowest BCUT2D eigenvalue weighted by molar-refractivity contribution is -0.150. The van der Waals surface area contributed by atoms with Gasteiger partial charge in [-0.3, -0.25) is 9.59 Å². The summed E-state index contributed by atoms with van der Waals surface area (Å²) in [4.78, 5) is 23.3. The number of methoxy groups -OCH3 is 2. The van der Waals surface area contributed by atoms with Gasteiger partial charge in [0.05, 0.1) is 14.2 Å². The molecule has 5 heteroatoms. The summed E-state index contributed by atoms with van der Waals surface area (Å²) >= 11 is 0. The molecule has 104 valence electrons. The van der Waals surface area contributed by atoms with Gasteiger partial charge < -0.3 is 14.8 Å². The second-order valence-electron chi connectivity index (χ2n) is 4.05. The summed E-state index contributed by atoms with van der Waals surface area (Å²) in [6, 6.07) is 7.38. The molecule has 1 aromatic rings. The third kappa shape index (κ3) is 4.28. The van der Waals surface area contributed by atoms with Crippen molar-refractivity contribution in [1.29, 1.82) is 0 Å². The van der Waals surface area contributed by atoms with Crippen molar-refractivity contribution in [2.75, 3.05) is 14.2 Å². The molecule has 5 nitrogen and oxygen atoms in total. The van der Waals surface area contributed by atoms with Crippen LogP contribution in [-0.4, -0.2) is 26.1 Å². The largest absolute Gasteiger partial charge is 0.497 e. The molecule has 0 heterocycles. The van der Waals surface area contributed by atoms with E-state index >= 15 is 0 Å². The van der Waals surface area contributed by atoms with Crippen LogP contribution < -0.4 is 10.1 Å². The molecule has 0 bridgehead atoms. The molecule has 1 rings (SSSR count). The lowest BCUT2D eigenvalue weighted by atomic mass is 10.1. The standard InChI is InChI=1S/C14H19NO4/c1-4-12(14(17)19-3)13(16)15-9-10-6-5-7-11(8-10)18-2/h5-8,12H,4,9H2,1-3H3,(H,15,16). The van der Waals surface area contributed by atoms with Crippen molar-refractivity contribution in [3.05, 3.63) is 29.8 Å². The Hall–Kier alpha value is -2.04. The van der Waals surface area contributed by atoms with E-state index in [1.807, 2.05) is 24.3 Å². The first-order chi connectivity index (χ1) is 9.12. The minimum atomic E-state index is -0.754. The van der Waals surface area contributed by atoms with Gasteiger partial charge in [0.25, 0.3) is 0 Å². The molecule has 1 unspecified atom stereocenters. The number of ether oxygens (including phenoxy) is 2. The van der Waals surface area contributed by atoms with Crippen LogP contribution in [0.25, 0.3) is 0 Å². The first kappa shape index (κ1) is 15.0. The first-order valence-electron chi connectivity index (χ1n) is 6.10. The molecule has 0 saturated heterocycles. The van der Waals surface area contributed by atoms with E-state index in [4.69, 9.17) is 4.74 Å². The van der Waals surface area contributed by atoms with Crippen molar-refractivity contribution in [2.45, 2.75) is 19.9 Å². The van der Waals surface area contributed by atoms with E-state index in [1.54, 1.807) is 14.0 Å². The number of hydrogen-bond donors (Lipinski definition) is 1. The van der Waals surface area contributed by atoms with Crippen molar-refractivity contribution in [2.24, 2.45) is 5.92 Å². The van der Waals surface area contributed by atoms with Gasteiger partial charge in [-0.25, -0.2) is 0 Å². The van der Waals surface area contributed by atoms with Gasteiger partial charge in [0.15, 0.2) is 0 Å². The Morgan fingerprint density at radius 1 is 1.32 bits per heavy atom. The summed E-state index contributed by atoms with van der Waals surface area (Å²) in [6.07, 6.45) is 0.413. The maximum atomic E-state index is 11.9. The second-order valence-corrected chi connectivity index (χ2v) is 4.05. The molecule has 0 aromatic heterocycles. The molecule has 0 saturated carbocycles. The quantitative estimate of drug-likeness (QED) is 0.625. The summed E-state index contributed by atoms with van der Waals surface area (Å²) < 4.78 is 9.69. The van der Waals surface area contributed by atoms with Crippen molar-refractivity contribution < 1.29 is 19.1 Å². The van der Waals surface area contributed by atoms with Crippen LogP contribution in [0.5, 0.6) is 5.75 Å². The van der Waals surface area contributed by atoms with E-state index in [-0.39, 0.29) is 5.91 Å². The van der Waals surface area contributed by atoms with Gasteiger partial charge in [-0.05, 0) is 24.1 Å². The first-order valence-corrected chi connectivity index (χ1v) is 6.10. The molecule has 1 N–H and O–H groups in total. The molecule has 19 heavy (non-hydrogen) atoms. The average Bonchev–Trinajstić information content (AvgIpc) is 2.45. The molecule has 0 spiro atoms. The number of nitrogens with one attached hydrogen (secondary N) is 1. The lowest BCUT2D eigenvalue weighted by Crippen LogP contribution is -2.35. The summed E-state index contributed by atoms with van der Waals surface area (Å²) in [5, 5.41) is 2.72. The maximum Gasteiger partial charge on any atom is 0.318 e. The zero-order chi connectivity index (χ0) is 14.3. The van der Waals surface area contributed by atoms with Gasteiger partial charge in [0.1, 0.15) is 11.7 Å². The Morgan fingerprint density at radius 3 is 2.63 bits per heavy atom. The summed E-state index contributed by atoms with van der Waals surface area (Å²) in [5.74, 6) is -0.856. The van der Waals surface area contributed by atoms with Gasteiger partial charge in [0, 0.05) is 6.54 Å². The van der Waals surface area contributed by atoms with Crippen LogP contribution in [0.2, 0.25) is 0 Å². The lowest BCUT2D eigenvalue weighted by Gasteiger charge is -2.13. The number of hydrogen-bond acceptors (Lipinski definition) is 4. The Balaban J connectivity index is 2.59. The zero-order valence-corrected chi connectivity index (χ0v) is 11.4. The molecule has 0 radical (unpaired) electrons. The molecule has 1 aromatic carbocycles. The predicted molar refractivity (Wildman–Crippen MR) is 70.6 cm³/mol. The minimum Gasteiger partial charge on any atom is -0.497 e. The van der Waals surface area contributed by atoms with E-state index in [0.29, 0.717) is 13.0 Å². The van der Waals surface area contributed by atoms with Gasteiger partial charge in [-0.2, -0.15) is 0 Å². The second kappa shape index (κ2) is 7.41. The number of benzene rings is 1. The highest BCUT2D eigenvalue weighted by molar-refractivity contribution is 5.97. The van der Waals surface area contributed by atoms with Crippen LogP contribution in [-0.2, 0) is 20.9 Å². The topological polar surface area (TPSA) is 64.6 Å². The zero-order valence-electron chi connectivity index (χ0n) is 11.4. The van der Waals surface area contributed by atoms with Gasteiger partial charge in [0.2, 0.25) is 5.91 Å². The molecule has 1 atom stereocenters. The molecule has 0 aliphatic heterocycles. The third-order valence-corrected chi connectivity index (χ3v) is 2.81. The number of esters is 1. The molecule has 1 amide bonds. The number of amides is 1.